The number of anilines is 2. The third-order valence-corrected chi connectivity index (χ3v) is 7.68. The molecule has 3 rings (SSSR count). The van der Waals surface area contributed by atoms with Crippen LogP contribution < -0.4 is 16.4 Å². The van der Waals surface area contributed by atoms with Crippen molar-refractivity contribution in [1.29, 1.82) is 0 Å². The van der Waals surface area contributed by atoms with Crippen LogP contribution in [0.15, 0.2) is 36.4 Å². The van der Waals surface area contributed by atoms with Crippen molar-refractivity contribution in [3.63, 3.8) is 0 Å². The molecule has 3 amide bonds. The zero-order valence-corrected chi connectivity index (χ0v) is 27.2. The quantitative estimate of drug-likeness (QED) is 0.153. The van der Waals surface area contributed by atoms with Crippen LogP contribution in [0.1, 0.15) is 53.1 Å². The normalized spacial score (nSPS) is 14.4. The van der Waals surface area contributed by atoms with E-state index in [0.717, 1.165) is 35.5 Å². The van der Waals surface area contributed by atoms with Gasteiger partial charge in [-0.3, -0.25) is 14.4 Å². The molecule has 4 N–H and O–H groups in total. The number of likely N-dealkylation sites (N-methyl/N-ethyl adjacent to an activating group) is 1. The van der Waals surface area contributed by atoms with Crippen molar-refractivity contribution in [2.75, 3.05) is 25.5 Å². The standard InChI is InChI=1S/C27H43B6N7O3/c1-15-21(18-9-10-18)38-24(22(36-15)23(34)42)37-19-7-4-6-17(14-19)11-12-35-25(43)16(2)39(3)20(41)8-5-13-40(26(28,29)30)27(31,32)33/h4-8,14,16,18H,9-13,28-33H2,1-3H3,(H2,34,42)(H,35,43)(H,37,38)/b8-5+/t16-/m0/s1. The van der Waals surface area contributed by atoms with E-state index in [0.29, 0.717) is 31.2 Å². The SMILES string of the molecule is BC(B)(B)N(C/C=C/C(=O)N(C)[C@@H](C)C(=O)NCCc1cccc(Nc2nc(C3CC3)c(C)nc2C(N)=O)c1)C(B)(B)B. The summed E-state index contributed by atoms with van der Waals surface area (Å²) in [7, 11) is 14.6. The number of aryl methyl sites for hydroxylation is 1. The van der Waals surface area contributed by atoms with Crippen LogP contribution in [0.25, 0.3) is 0 Å². The summed E-state index contributed by atoms with van der Waals surface area (Å²) in [6, 6.07) is 7.06. The van der Waals surface area contributed by atoms with Crippen molar-refractivity contribution in [2.45, 2.75) is 55.5 Å². The minimum Gasteiger partial charge on any atom is -0.364 e. The third-order valence-electron chi connectivity index (χ3n) is 7.68. The van der Waals surface area contributed by atoms with Gasteiger partial charge in [-0.05, 0) is 50.8 Å². The molecule has 0 aliphatic heterocycles. The van der Waals surface area contributed by atoms with E-state index >= 15 is 0 Å². The number of aromatic nitrogens is 2. The molecule has 2 aromatic rings. The zero-order valence-electron chi connectivity index (χ0n) is 27.2. The lowest BCUT2D eigenvalue weighted by Gasteiger charge is -2.46. The second-order valence-electron chi connectivity index (χ2n) is 13.4. The molecular formula is C27H43B6N7O3. The molecule has 1 fully saturated rings. The minimum atomic E-state index is -0.635. The third kappa shape index (κ3) is 9.55. The average Bonchev–Trinajstić information content (AvgIpc) is 3.75. The Kier molecular flexibility index (Phi) is 11.0. The lowest BCUT2D eigenvalue weighted by atomic mass is 9.40. The average molecular weight is 579 g/mol. The van der Waals surface area contributed by atoms with Crippen LogP contribution in [-0.2, 0) is 16.0 Å². The molecule has 1 aromatic heterocycles. The highest BCUT2D eigenvalue weighted by Crippen LogP contribution is 2.41. The second-order valence-corrected chi connectivity index (χ2v) is 13.4. The first-order chi connectivity index (χ1) is 20.0. The molecule has 16 heteroatoms. The summed E-state index contributed by atoms with van der Waals surface area (Å²) in [5.41, 5.74) is 9.05. The van der Waals surface area contributed by atoms with Gasteiger partial charge in [0, 0.05) is 37.8 Å². The molecule has 1 atom stereocenters. The highest BCUT2D eigenvalue weighted by Gasteiger charge is 2.31. The van der Waals surface area contributed by atoms with Crippen LogP contribution in [0.5, 0.6) is 0 Å². The lowest BCUT2D eigenvalue weighted by molar-refractivity contribution is -0.135. The summed E-state index contributed by atoms with van der Waals surface area (Å²) < 4.78 is 0. The predicted octanol–water partition coefficient (Wildman–Crippen LogP) is -4.11. The molecule has 0 spiro atoms. The van der Waals surface area contributed by atoms with Crippen LogP contribution in [-0.4, -0.2) is 121 Å². The summed E-state index contributed by atoms with van der Waals surface area (Å²) in [5, 5.41) is 6.04. The predicted molar refractivity (Wildman–Crippen MR) is 189 cm³/mol. The summed E-state index contributed by atoms with van der Waals surface area (Å²) in [6.07, 6.45) is 6.12. The number of rotatable bonds is 14. The van der Waals surface area contributed by atoms with E-state index in [1.54, 1.807) is 20.0 Å². The summed E-state index contributed by atoms with van der Waals surface area (Å²) in [6.45, 7) is 4.60. The number of carbonyl (C=O) groups is 3. The molecule has 10 nitrogen and oxygen atoms in total. The molecule has 1 aliphatic rings. The van der Waals surface area contributed by atoms with E-state index in [2.05, 4.69) is 67.6 Å². The van der Waals surface area contributed by atoms with Gasteiger partial charge in [0.15, 0.2) is 11.5 Å². The van der Waals surface area contributed by atoms with Crippen molar-refractivity contribution >= 4 is 76.3 Å². The zero-order chi connectivity index (χ0) is 32.1. The molecule has 43 heavy (non-hydrogen) atoms. The van der Waals surface area contributed by atoms with E-state index in [1.807, 2.05) is 37.3 Å². The van der Waals surface area contributed by atoms with Gasteiger partial charge in [-0.25, -0.2) is 9.97 Å². The van der Waals surface area contributed by atoms with Crippen molar-refractivity contribution in [2.24, 2.45) is 5.73 Å². The number of nitrogens with zero attached hydrogens (tertiary/aromatic N) is 4. The monoisotopic (exact) mass is 579 g/mol. The Morgan fingerprint density at radius 1 is 1.12 bits per heavy atom. The van der Waals surface area contributed by atoms with Gasteiger partial charge in [-0.2, -0.15) is 0 Å². The van der Waals surface area contributed by atoms with Crippen molar-refractivity contribution in [3.05, 3.63) is 59.1 Å². The number of nitrogens with one attached hydrogen (secondary N) is 2. The number of hydrogen-bond donors (Lipinski definition) is 3. The van der Waals surface area contributed by atoms with E-state index in [9.17, 15) is 14.4 Å². The van der Waals surface area contributed by atoms with Gasteiger partial charge in [-0.1, -0.05) is 28.7 Å². The van der Waals surface area contributed by atoms with Gasteiger partial charge in [0.05, 0.1) is 11.4 Å². The van der Waals surface area contributed by atoms with Crippen molar-refractivity contribution in [3.8, 4) is 0 Å². The van der Waals surface area contributed by atoms with Crippen LogP contribution in [0.2, 0.25) is 0 Å². The van der Waals surface area contributed by atoms with Crippen molar-refractivity contribution in [1.82, 2.24) is 25.1 Å². The molecule has 222 valence electrons. The largest absolute Gasteiger partial charge is 0.364 e. The Labute approximate surface area is 261 Å². The van der Waals surface area contributed by atoms with Gasteiger partial charge >= 0.3 is 0 Å². The highest BCUT2D eigenvalue weighted by atomic mass is 16.2. The maximum absolute atomic E-state index is 12.8. The molecular weight excluding hydrogens is 535 g/mol. The van der Waals surface area contributed by atoms with Gasteiger partial charge < -0.3 is 26.2 Å². The number of carbonyl (C=O) groups excluding carboxylic acids is 3. The molecule has 0 saturated heterocycles. The molecule has 1 aromatic carbocycles. The Hall–Kier alpha value is -3.40. The van der Waals surface area contributed by atoms with Crippen LogP contribution in [0.3, 0.4) is 0 Å². The molecule has 0 unspecified atom stereocenters. The number of amides is 3. The number of benzene rings is 1. The van der Waals surface area contributed by atoms with E-state index in [1.165, 1.54) is 4.90 Å². The number of hydrogen-bond acceptors (Lipinski definition) is 7. The first-order valence-corrected chi connectivity index (χ1v) is 15.0. The van der Waals surface area contributed by atoms with Crippen LogP contribution >= 0.6 is 0 Å². The molecule has 1 saturated carbocycles. The Balaban J connectivity index is 1.55. The maximum atomic E-state index is 12.8. The first kappa shape index (κ1) is 34.1. The minimum absolute atomic E-state index is 0.0545. The van der Waals surface area contributed by atoms with Crippen LogP contribution in [0, 0.1) is 6.92 Å². The van der Waals surface area contributed by atoms with Gasteiger partial charge in [0.1, 0.15) is 53.1 Å². The smallest absolute Gasteiger partial charge is 0.271 e. The molecule has 1 aliphatic carbocycles. The highest BCUT2D eigenvalue weighted by molar-refractivity contribution is 6.63. The number of nitrogens with two attached hydrogens (primary N) is 1. The molecule has 0 radical (unpaired) electrons. The Bertz CT molecular complexity index is 1360. The topological polar surface area (TPSA) is 134 Å². The van der Waals surface area contributed by atoms with Gasteiger partial charge in [0.2, 0.25) is 11.8 Å². The fraction of sp³-hybridized carbons (Fsp3) is 0.444. The molecule has 0 bridgehead atoms. The van der Waals surface area contributed by atoms with E-state index < -0.39 is 11.9 Å². The Morgan fingerprint density at radius 3 is 2.35 bits per heavy atom. The van der Waals surface area contributed by atoms with Gasteiger partial charge in [0.25, 0.3) is 5.91 Å². The summed E-state index contributed by atoms with van der Waals surface area (Å²) >= 11 is 0. The fourth-order valence-corrected chi connectivity index (χ4v) is 5.25. The Morgan fingerprint density at radius 2 is 1.77 bits per heavy atom. The first-order valence-electron chi connectivity index (χ1n) is 15.0. The van der Waals surface area contributed by atoms with E-state index in [-0.39, 0.29) is 28.0 Å². The number of primary amides is 1. The maximum Gasteiger partial charge on any atom is 0.271 e. The fourth-order valence-electron chi connectivity index (χ4n) is 5.25. The van der Waals surface area contributed by atoms with Crippen LogP contribution in [0.4, 0.5) is 11.5 Å². The summed E-state index contributed by atoms with van der Waals surface area (Å²) in [4.78, 5) is 50.6. The second kappa shape index (κ2) is 13.9. The van der Waals surface area contributed by atoms with E-state index in [4.69, 9.17) is 10.7 Å². The van der Waals surface area contributed by atoms with Gasteiger partial charge in [-0.15, -0.1) is 0 Å². The molecule has 1 heterocycles. The lowest BCUT2D eigenvalue weighted by Crippen LogP contribution is -2.63. The van der Waals surface area contributed by atoms with Crippen molar-refractivity contribution < 1.29 is 14.4 Å². The summed E-state index contributed by atoms with van der Waals surface area (Å²) in [5.74, 6) is -0.346.